The molecule has 2 rings (SSSR count). The molecule has 1 aliphatic heterocycles. The lowest BCUT2D eigenvalue weighted by molar-refractivity contribution is -0.140. The second-order valence-electron chi connectivity index (χ2n) is 3.91. The van der Waals surface area contributed by atoms with E-state index in [0.29, 0.717) is 0 Å². The molecule has 1 aliphatic rings. The highest BCUT2D eigenvalue weighted by atomic mass is 19.2. The second kappa shape index (κ2) is 5.19. The molecule has 0 saturated carbocycles. The average Bonchev–Trinajstić information content (AvgIpc) is 2.71. The second-order valence-corrected chi connectivity index (χ2v) is 3.91. The van der Waals surface area contributed by atoms with E-state index in [0.717, 1.165) is 12.1 Å². The molecule has 102 valence electrons. The van der Waals surface area contributed by atoms with Crippen LogP contribution in [0, 0.1) is 17.6 Å². The van der Waals surface area contributed by atoms with Gasteiger partial charge in [-0.05, 0) is 12.1 Å². The van der Waals surface area contributed by atoms with Crippen molar-refractivity contribution >= 4 is 11.8 Å². The van der Waals surface area contributed by atoms with Crippen molar-refractivity contribution in [2.45, 2.75) is 6.10 Å². The zero-order chi connectivity index (χ0) is 14.0. The summed E-state index contributed by atoms with van der Waals surface area (Å²) >= 11 is 0. The molecule has 2 amide bonds. The molecule has 1 aromatic carbocycles. The van der Waals surface area contributed by atoms with E-state index in [9.17, 15) is 23.5 Å². The Balaban J connectivity index is 2.01. The topological polar surface area (TPSA) is 87.7 Å². The Hall–Kier alpha value is -2.22. The lowest BCUT2D eigenvalue weighted by Crippen LogP contribution is -2.41. The minimum absolute atomic E-state index is 0.0504. The number of aliphatic hydroxyl groups is 1. The summed E-state index contributed by atoms with van der Waals surface area (Å²) in [7, 11) is 0. The van der Waals surface area contributed by atoms with E-state index in [1.54, 1.807) is 5.48 Å². The van der Waals surface area contributed by atoms with Crippen LogP contribution in [-0.2, 0) is 9.59 Å². The summed E-state index contributed by atoms with van der Waals surface area (Å²) in [5.74, 6) is -5.86. The normalized spacial score (nSPS) is 21.9. The SMILES string of the molecule is O=C1NCC(O)C1C(=O)NOc1cccc(F)c1F. The Morgan fingerprint density at radius 1 is 1.47 bits per heavy atom. The van der Waals surface area contributed by atoms with Crippen molar-refractivity contribution < 1.29 is 28.3 Å². The number of hydrogen-bond donors (Lipinski definition) is 3. The predicted molar refractivity (Wildman–Crippen MR) is 57.6 cm³/mol. The highest BCUT2D eigenvalue weighted by Crippen LogP contribution is 2.18. The number of aliphatic hydroxyl groups excluding tert-OH is 1. The van der Waals surface area contributed by atoms with Crippen LogP contribution in [-0.4, -0.2) is 29.6 Å². The largest absolute Gasteiger partial charge is 0.390 e. The van der Waals surface area contributed by atoms with Crippen LogP contribution in [0.4, 0.5) is 8.78 Å². The van der Waals surface area contributed by atoms with Gasteiger partial charge in [-0.2, -0.15) is 9.87 Å². The molecule has 0 aliphatic carbocycles. The van der Waals surface area contributed by atoms with Gasteiger partial charge >= 0.3 is 0 Å². The van der Waals surface area contributed by atoms with Crippen molar-refractivity contribution in [2.24, 2.45) is 5.92 Å². The van der Waals surface area contributed by atoms with Crippen LogP contribution < -0.4 is 15.6 Å². The molecule has 1 aromatic rings. The summed E-state index contributed by atoms with van der Waals surface area (Å²) in [5, 5.41) is 11.7. The van der Waals surface area contributed by atoms with Gasteiger partial charge in [0.25, 0.3) is 5.91 Å². The van der Waals surface area contributed by atoms with E-state index >= 15 is 0 Å². The van der Waals surface area contributed by atoms with Crippen LogP contribution >= 0.6 is 0 Å². The fourth-order valence-electron chi connectivity index (χ4n) is 1.63. The molecule has 8 heteroatoms. The van der Waals surface area contributed by atoms with Gasteiger partial charge in [0.1, 0.15) is 5.92 Å². The van der Waals surface area contributed by atoms with Crippen molar-refractivity contribution in [3.8, 4) is 5.75 Å². The molecular weight excluding hydrogens is 262 g/mol. The molecule has 3 N–H and O–H groups in total. The van der Waals surface area contributed by atoms with Crippen LogP contribution in [0.2, 0.25) is 0 Å². The third kappa shape index (κ3) is 2.63. The average molecular weight is 272 g/mol. The molecule has 1 heterocycles. The van der Waals surface area contributed by atoms with Crippen LogP contribution in [0.3, 0.4) is 0 Å². The molecule has 6 nitrogen and oxygen atoms in total. The molecule has 0 bridgehead atoms. The van der Waals surface area contributed by atoms with Crippen LogP contribution in [0.25, 0.3) is 0 Å². The molecule has 2 atom stereocenters. The summed E-state index contributed by atoms with van der Waals surface area (Å²) < 4.78 is 26.1. The zero-order valence-electron chi connectivity index (χ0n) is 9.52. The first kappa shape index (κ1) is 13.2. The Morgan fingerprint density at radius 3 is 2.84 bits per heavy atom. The zero-order valence-corrected chi connectivity index (χ0v) is 9.52. The number of carbonyl (C=O) groups excluding carboxylic acids is 2. The number of nitrogens with one attached hydrogen (secondary N) is 2. The monoisotopic (exact) mass is 272 g/mol. The minimum atomic E-state index is -1.34. The first-order valence-electron chi connectivity index (χ1n) is 5.37. The maximum Gasteiger partial charge on any atom is 0.267 e. The van der Waals surface area contributed by atoms with Crippen molar-refractivity contribution in [1.29, 1.82) is 0 Å². The van der Waals surface area contributed by atoms with Crippen molar-refractivity contribution in [3.63, 3.8) is 0 Å². The number of amides is 2. The fourth-order valence-corrected chi connectivity index (χ4v) is 1.63. The summed E-state index contributed by atoms with van der Waals surface area (Å²) in [6, 6.07) is 3.18. The van der Waals surface area contributed by atoms with Gasteiger partial charge in [0.05, 0.1) is 6.10 Å². The Morgan fingerprint density at radius 2 is 2.21 bits per heavy atom. The first-order valence-corrected chi connectivity index (χ1v) is 5.37. The maximum absolute atomic E-state index is 13.2. The van der Waals surface area contributed by atoms with Gasteiger partial charge in [-0.3, -0.25) is 9.59 Å². The lowest BCUT2D eigenvalue weighted by Gasteiger charge is -2.12. The molecule has 1 fully saturated rings. The smallest absolute Gasteiger partial charge is 0.267 e. The number of benzene rings is 1. The van der Waals surface area contributed by atoms with E-state index < -0.39 is 41.2 Å². The Labute approximate surface area is 106 Å². The lowest BCUT2D eigenvalue weighted by atomic mass is 10.1. The van der Waals surface area contributed by atoms with E-state index in [1.165, 1.54) is 6.07 Å². The maximum atomic E-state index is 13.2. The van der Waals surface area contributed by atoms with Gasteiger partial charge < -0.3 is 15.3 Å². The van der Waals surface area contributed by atoms with Crippen molar-refractivity contribution in [2.75, 3.05) is 6.54 Å². The van der Waals surface area contributed by atoms with Crippen LogP contribution in [0.1, 0.15) is 0 Å². The van der Waals surface area contributed by atoms with E-state index in [-0.39, 0.29) is 6.54 Å². The van der Waals surface area contributed by atoms with Gasteiger partial charge in [0, 0.05) is 6.54 Å². The van der Waals surface area contributed by atoms with E-state index in [4.69, 9.17) is 0 Å². The number of carbonyl (C=O) groups is 2. The van der Waals surface area contributed by atoms with Gasteiger partial charge in [0.2, 0.25) is 11.7 Å². The van der Waals surface area contributed by atoms with Gasteiger partial charge in [-0.15, -0.1) is 0 Å². The summed E-state index contributed by atoms with van der Waals surface area (Å²) in [4.78, 5) is 27.4. The first-order chi connectivity index (χ1) is 9.00. The molecule has 0 spiro atoms. The summed E-state index contributed by atoms with van der Waals surface area (Å²) in [6.45, 7) is -0.0504. The molecule has 1 saturated heterocycles. The molecule has 2 unspecified atom stereocenters. The number of β-amino-alcohol motifs (C(OH)–C–C–N with tert-alkyl or cyclic N) is 1. The standard InChI is InChI=1S/C11H10F2N2O4/c12-5-2-1-3-7(9(5)13)19-15-11(18)8-6(16)4-14-10(8)17/h1-3,6,8,16H,4H2,(H,14,17)(H,15,18). The Kier molecular flexibility index (Phi) is 3.61. The highest BCUT2D eigenvalue weighted by Gasteiger charge is 2.39. The molecular formula is C11H10F2N2O4. The minimum Gasteiger partial charge on any atom is -0.390 e. The van der Waals surface area contributed by atoms with Gasteiger partial charge in [-0.1, -0.05) is 6.07 Å². The van der Waals surface area contributed by atoms with Crippen molar-refractivity contribution in [1.82, 2.24) is 10.8 Å². The fraction of sp³-hybridized carbons (Fsp3) is 0.273. The molecule has 19 heavy (non-hydrogen) atoms. The van der Waals surface area contributed by atoms with Gasteiger partial charge in [-0.25, -0.2) is 4.39 Å². The van der Waals surface area contributed by atoms with E-state index in [2.05, 4.69) is 10.2 Å². The quantitative estimate of drug-likeness (QED) is 0.510. The predicted octanol–water partition coefficient (Wildman–Crippen LogP) is -0.518. The highest BCUT2D eigenvalue weighted by molar-refractivity contribution is 6.02. The number of rotatable bonds is 3. The van der Waals surface area contributed by atoms with Gasteiger partial charge in [0.15, 0.2) is 11.6 Å². The third-order valence-corrected chi connectivity index (χ3v) is 2.61. The van der Waals surface area contributed by atoms with E-state index in [1.807, 2.05) is 0 Å². The third-order valence-electron chi connectivity index (χ3n) is 2.61. The van der Waals surface area contributed by atoms with Crippen LogP contribution in [0.5, 0.6) is 5.75 Å². The summed E-state index contributed by atoms with van der Waals surface area (Å²) in [6.07, 6.45) is -1.19. The number of halogens is 2. The van der Waals surface area contributed by atoms with Crippen molar-refractivity contribution in [3.05, 3.63) is 29.8 Å². The number of hydrogen-bond acceptors (Lipinski definition) is 4. The van der Waals surface area contributed by atoms with Crippen LogP contribution in [0.15, 0.2) is 18.2 Å². The molecule has 0 aromatic heterocycles. The number of hydroxylamine groups is 1. The summed E-state index contributed by atoms with van der Waals surface area (Å²) in [5.41, 5.74) is 1.80. The molecule has 0 radical (unpaired) electrons. The Bertz CT molecular complexity index is 523.